The first kappa shape index (κ1) is 14.7. The first-order chi connectivity index (χ1) is 9.52. The van der Waals surface area contributed by atoms with E-state index in [0.29, 0.717) is 5.95 Å². The van der Waals surface area contributed by atoms with E-state index in [1.807, 2.05) is 31.6 Å². The molecule has 0 aliphatic heterocycles. The third-order valence-electron chi connectivity index (χ3n) is 3.45. The van der Waals surface area contributed by atoms with E-state index in [9.17, 15) is 0 Å². The standard InChI is InChI=1S/C15H23N5/c1-10-9-11(2)18-15(17-10)20-13(4)14(12(3)19-20)7-6-8-16-5/h9,16H,6-8H2,1-5H3. The molecule has 0 unspecified atom stereocenters. The van der Waals surface area contributed by atoms with Gasteiger partial charge in [-0.05, 0) is 65.8 Å². The van der Waals surface area contributed by atoms with E-state index >= 15 is 0 Å². The lowest BCUT2D eigenvalue weighted by Crippen LogP contribution is -2.09. The third-order valence-corrected chi connectivity index (χ3v) is 3.45. The highest BCUT2D eigenvalue weighted by Crippen LogP contribution is 2.17. The van der Waals surface area contributed by atoms with Crippen molar-refractivity contribution in [1.29, 1.82) is 0 Å². The molecule has 0 atom stereocenters. The number of hydrogen-bond donors (Lipinski definition) is 1. The molecule has 0 aliphatic rings. The largest absolute Gasteiger partial charge is 0.320 e. The second-order valence-electron chi connectivity index (χ2n) is 5.22. The molecule has 2 rings (SSSR count). The molecule has 0 bridgehead atoms. The molecule has 2 aromatic heterocycles. The van der Waals surface area contributed by atoms with Crippen molar-refractivity contribution < 1.29 is 0 Å². The van der Waals surface area contributed by atoms with Gasteiger partial charge < -0.3 is 5.32 Å². The molecular formula is C15H23N5. The first-order valence-electron chi connectivity index (χ1n) is 7.05. The molecule has 0 aliphatic carbocycles. The zero-order valence-electron chi connectivity index (χ0n) is 13.0. The van der Waals surface area contributed by atoms with E-state index in [1.54, 1.807) is 0 Å². The van der Waals surface area contributed by atoms with E-state index in [0.717, 1.165) is 42.2 Å². The number of nitrogens with one attached hydrogen (secondary N) is 1. The Balaban J connectivity index is 2.35. The van der Waals surface area contributed by atoms with Crippen molar-refractivity contribution in [2.24, 2.45) is 0 Å². The second kappa shape index (κ2) is 6.13. The Morgan fingerprint density at radius 3 is 2.35 bits per heavy atom. The molecule has 0 saturated heterocycles. The number of aryl methyl sites for hydroxylation is 3. The molecule has 0 amide bonds. The lowest BCUT2D eigenvalue weighted by molar-refractivity contribution is 0.719. The predicted octanol–water partition coefficient (Wildman–Crippen LogP) is 2.05. The Bertz CT molecular complexity index is 580. The number of hydrogen-bond acceptors (Lipinski definition) is 4. The highest BCUT2D eigenvalue weighted by Gasteiger charge is 2.14. The van der Waals surface area contributed by atoms with E-state index in [2.05, 4.69) is 34.2 Å². The van der Waals surface area contributed by atoms with E-state index < -0.39 is 0 Å². The van der Waals surface area contributed by atoms with Gasteiger partial charge in [0.25, 0.3) is 5.95 Å². The Morgan fingerprint density at radius 1 is 1.10 bits per heavy atom. The van der Waals surface area contributed by atoms with Crippen LogP contribution in [0.4, 0.5) is 0 Å². The molecular weight excluding hydrogens is 250 g/mol. The van der Waals surface area contributed by atoms with Gasteiger partial charge in [0.2, 0.25) is 0 Å². The summed E-state index contributed by atoms with van der Waals surface area (Å²) in [5, 5.41) is 7.79. The van der Waals surface area contributed by atoms with Crippen LogP contribution in [0.2, 0.25) is 0 Å². The minimum atomic E-state index is 0.669. The highest BCUT2D eigenvalue weighted by molar-refractivity contribution is 5.30. The monoisotopic (exact) mass is 273 g/mol. The maximum Gasteiger partial charge on any atom is 0.251 e. The van der Waals surface area contributed by atoms with Crippen LogP contribution < -0.4 is 5.32 Å². The minimum Gasteiger partial charge on any atom is -0.320 e. The summed E-state index contributed by atoms with van der Waals surface area (Å²) >= 11 is 0. The van der Waals surface area contributed by atoms with Gasteiger partial charge in [0.15, 0.2) is 0 Å². The molecule has 5 nitrogen and oxygen atoms in total. The number of rotatable bonds is 5. The zero-order chi connectivity index (χ0) is 14.7. The highest BCUT2D eigenvalue weighted by atomic mass is 15.4. The van der Waals surface area contributed by atoms with Crippen LogP contribution in [0.15, 0.2) is 6.07 Å². The summed E-state index contributed by atoms with van der Waals surface area (Å²) < 4.78 is 1.87. The molecule has 2 aromatic rings. The third kappa shape index (κ3) is 3.04. The van der Waals surface area contributed by atoms with Gasteiger partial charge in [-0.2, -0.15) is 5.10 Å². The summed E-state index contributed by atoms with van der Waals surface area (Å²) in [6.07, 6.45) is 2.14. The fraction of sp³-hybridized carbons (Fsp3) is 0.533. The Kier molecular flexibility index (Phi) is 4.49. The van der Waals surface area contributed by atoms with Crippen LogP contribution in [-0.4, -0.2) is 33.3 Å². The van der Waals surface area contributed by atoms with Gasteiger partial charge in [-0.3, -0.25) is 0 Å². The van der Waals surface area contributed by atoms with Crippen molar-refractivity contribution in [2.45, 2.75) is 40.5 Å². The molecule has 108 valence electrons. The molecule has 5 heteroatoms. The maximum absolute atomic E-state index is 4.61. The number of nitrogens with zero attached hydrogens (tertiary/aromatic N) is 4. The molecule has 1 N–H and O–H groups in total. The van der Waals surface area contributed by atoms with Crippen LogP contribution in [0, 0.1) is 27.7 Å². The van der Waals surface area contributed by atoms with Crippen molar-refractivity contribution in [2.75, 3.05) is 13.6 Å². The van der Waals surface area contributed by atoms with Crippen molar-refractivity contribution in [3.63, 3.8) is 0 Å². The molecule has 0 radical (unpaired) electrons. The average molecular weight is 273 g/mol. The van der Waals surface area contributed by atoms with Crippen LogP contribution in [0.5, 0.6) is 0 Å². The lowest BCUT2D eigenvalue weighted by atomic mass is 10.1. The van der Waals surface area contributed by atoms with Crippen LogP contribution in [0.3, 0.4) is 0 Å². The number of aromatic nitrogens is 4. The SMILES string of the molecule is CNCCCc1c(C)nn(-c2nc(C)cc(C)n2)c1C. The van der Waals surface area contributed by atoms with E-state index in [-0.39, 0.29) is 0 Å². The van der Waals surface area contributed by atoms with Gasteiger partial charge in [-0.15, -0.1) is 0 Å². The Morgan fingerprint density at radius 2 is 1.75 bits per heavy atom. The molecule has 0 aromatic carbocycles. The Labute approximate surface area is 120 Å². The first-order valence-corrected chi connectivity index (χ1v) is 7.05. The van der Waals surface area contributed by atoms with Gasteiger partial charge in [0.05, 0.1) is 5.69 Å². The van der Waals surface area contributed by atoms with Crippen LogP contribution in [0.25, 0.3) is 5.95 Å². The fourth-order valence-corrected chi connectivity index (χ4v) is 2.48. The van der Waals surface area contributed by atoms with Gasteiger partial charge >= 0.3 is 0 Å². The molecule has 0 saturated carbocycles. The van der Waals surface area contributed by atoms with E-state index in [4.69, 9.17) is 0 Å². The quantitative estimate of drug-likeness (QED) is 0.847. The smallest absolute Gasteiger partial charge is 0.251 e. The fourth-order valence-electron chi connectivity index (χ4n) is 2.48. The molecule has 0 fully saturated rings. The summed E-state index contributed by atoms with van der Waals surface area (Å²) in [5.41, 5.74) is 5.46. The van der Waals surface area contributed by atoms with Crippen molar-refractivity contribution in [1.82, 2.24) is 25.1 Å². The summed E-state index contributed by atoms with van der Waals surface area (Å²) in [5.74, 6) is 0.669. The summed E-state index contributed by atoms with van der Waals surface area (Å²) in [4.78, 5) is 8.99. The van der Waals surface area contributed by atoms with Gasteiger partial charge in [0, 0.05) is 17.1 Å². The predicted molar refractivity (Wildman–Crippen MR) is 80.3 cm³/mol. The summed E-state index contributed by atoms with van der Waals surface area (Å²) in [6.45, 7) is 9.14. The summed E-state index contributed by atoms with van der Waals surface area (Å²) in [7, 11) is 1.98. The Hall–Kier alpha value is -1.75. The zero-order valence-corrected chi connectivity index (χ0v) is 13.0. The van der Waals surface area contributed by atoms with Gasteiger partial charge in [-0.25, -0.2) is 14.6 Å². The van der Waals surface area contributed by atoms with E-state index in [1.165, 1.54) is 5.56 Å². The summed E-state index contributed by atoms with van der Waals surface area (Å²) in [6, 6.07) is 1.98. The minimum absolute atomic E-state index is 0.669. The normalized spacial score (nSPS) is 11.1. The van der Waals surface area contributed by atoms with Crippen LogP contribution >= 0.6 is 0 Å². The van der Waals surface area contributed by atoms with Crippen LogP contribution in [-0.2, 0) is 6.42 Å². The lowest BCUT2D eigenvalue weighted by Gasteiger charge is -2.06. The van der Waals surface area contributed by atoms with Crippen molar-refractivity contribution >= 4 is 0 Å². The second-order valence-corrected chi connectivity index (χ2v) is 5.22. The van der Waals surface area contributed by atoms with Gasteiger partial charge in [-0.1, -0.05) is 0 Å². The van der Waals surface area contributed by atoms with Gasteiger partial charge in [0.1, 0.15) is 0 Å². The molecule has 0 spiro atoms. The maximum atomic E-state index is 4.61. The van der Waals surface area contributed by atoms with Crippen molar-refractivity contribution in [3.05, 3.63) is 34.4 Å². The molecule has 2 heterocycles. The molecule has 20 heavy (non-hydrogen) atoms. The topological polar surface area (TPSA) is 55.6 Å². The average Bonchev–Trinajstić information content (AvgIpc) is 2.65. The van der Waals surface area contributed by atoms with Crippen molar-refractivity contribution in [3.8, 4) is 5.95 Å². The van der Waals surface area contributed by atoms with Crippen LogP contribution in [0.1, 0.15) is 34.8 Å².